The zero-order chi connectivity index (χ0) is 38.9. The number of benzene rings is 2. The molecular formula is C42H46F3N7O4. The summed E-state index contributed by atoms with van der Waals surface area (Å²) in [5.41, 5.74) is 0.708. The van der Waals surface area contributed by atoms with E-state index in [1.807, 2.05) is 18.2 Å². The van der Waals surface area contributed by atoms with Crippen molar-refractivity contribution in [2.45, 2.75) is 70.9 Å². The monoisotopic (exact) mass is 769 g/mol. The second-order valence-electron chi connectivity index (χ2n) is 16.9. The van der Waals surface area contributed by atoms with Gasteiger partial charge in [0.2, 0.25) is 17.8 Å². The molecule has 11 nitrogen and oxygen atoms in total. The minimum atomic E-state index is -4.72. The summed E-state index contributed by atoms with van der Waals surface area (Å²) in [7, 11) is 1.57. The van der Waals surface area contributed by atoms with Crippen LogP contribution in [0.4, 0.5) is 36.2 Å². The van der Waals surface area contributed by atoms with Crippen molar-refractivity contribution in [3.63, 3.8) is 0 Å². The Morgan fingerprint density at radius 1 is 0.911 bits per heavy atom. The Kier molecular flexibility index (Phi) is 9.00. The Bertz CT molecular complexity index is 2240. The number of alkyl halides is 3. The fourth-order valence-electron chi connectivity index (χ4n) is 10.4. The van der Waals surface area contributed by atoms with Crippen molar-refractivity contribution in [1.29, 1.82) is 0 Å². The van der Waals surface area contributed by atoms with Gasteiger partial charge in [-0.05, 0) is 117 Å². The lowest BCUT2D eigenvalue weighted by Gasteiger charge is -2.57. The Morgan fingerprint density at radius 2 is 1.59 bits per heavy atom. The molecule has 3 heterocycles. The summed E-state index contributed by atoms with van der Waals surface area (Å²) >= 11 is 0. The van der Waals surface area contributed by atoms with Crippen LogP contribution in [0.25, 0.3) is 16.7 Å². The van der Waals surface area contributed by atoms with Crippen molar-refractivity contribution in [3.05, 3.63) is 70.1 Å². The number of carbonyl (C=O) groups is 2. The molecule has 5 saturated carbocycles. The number of aromatic nitrogens is 3. The van der Waals surface area contributed by atoms with Crippen LogP contribution in [0, 0.1) is 36.0 Å². The van der Waals surface area contributed by atoms with E-state index in [0.717, 1.165) is 35.6 Å². The summed E-state index contributed by atoms with van der Waals surface area (Å²) in [5.74, 6) is 2.65. The number of rotatable bonds is 9. The van der Waals surface area contributed by atoms with Gasteiger partial charge in [0.15, 0.2) is 5.65 Å². The van der Waals surface area contributed by atoms with Gasteiger partial charge in [0.25, 0.3) is 5.56 Å². The van der Waals surface area contributed by atoms with E-state index in [9.17, 15) is 27.6 Å². The van der Waals surface area contributed by atoms with Crippen LogP contribution in [0.1, 0.15) is 68.9 Å². The number of hydrogen-bond donors (Lipinski definition) is 2. The Labute approximate surface area is 322 Å². The highest BCUT2D eigenvalue weighted by molar-refractivity contribution is 5.95. The molecule has 6 aliphatic rings. The van der Waals surface area contributed by atoms with Crippen molar-refractivity contribution in [2.24, 2.45) is 29.1 Å². The van der Waals surface area contributed by atoms with E-state index in [1.165, 1.54) is 55.2 Å². The molecule has 2 aromatic carbocycles. The predicted octanol–water partition coefficient (Wildman–Crippen LogP) is 7.46. The molecule has 0 radical (unpaired) electrons. The number of ether oxygens (including phenoxy) is 1. The average Bonchev–Trinajstić information content (AvgIpc) is 4.00. The van der Waals surface area contributed by atoms with Gasteiger partial charge < -0.3 is 25.2 Å². The number of carbonyl (C=O) groups excluding carboxylic acids is 2. The third-order valence-electron chi connectivity index (χ3n) is 12.9. The maximum absolute atomic E-state index is 14.0. The minimum absolute atomic E-state index is 0.111. The molecule has 14 heteroatoms. The molecular weight excluding hydrogens is 724 g/mol. The molecule has 2 aromatic heterocycles. The van der Waals surface area contributed by atoms with Crippen LogP contribution >= 0.6 is 0 Å². The number of anilines is 4. The number of methoxy groups -OCH3 is 1. The highest BCUT2D eigenvalue weighted by atomic mass is 19.4. The highest BCUT2D eigenvalue weighted by Gasteiger charge is 2.52. The SMILES string of the molecule is COc1cc(N2CCN(C(=O)CC34CC5CC(CC(C5)C3)C4)CC2)ccc1Nc1ncc2c(C)cc(=O)n(-c3ccc(C(F)(F)F)c(NC(=O)C4CC4)c3)c2n1. The van der Waals surface area contributed by atoms with Gasteiger partial charge in [0.05, 0.1) is 29.7 Å². The Morgan fingerprint density at radius 3 is 2.23 bits per heavy atom. The number of hydrogen-bond acceptors (Lipinski definition) is 8. The lowest BCUT2D eigenvalue weighted by Crippen LogP contribution is -2.52. The molecule has 4 bridgehead atoms. The summed E-state index contributed by atoms with van der Waals surface area (Å²) in [6.45, 7) is 4.51. The van der Waals surface area contributed by atoms with Crippen molar-refractivity contribution >= 4 is 45.9 Å². The van der Waals surface area contributed by atoms with Crippen LogP contribution in [0.5, 0.6) is 5.75 Å². The predicted molar refractivity (Wildman–Crippen MR) is 207 cm³/mol. The van der Waals surface area contributed by atoms with E-state index in [2.05, 4.69) is 30.4 Å². The van der Waals surface area contributed by atoms with Gasteiger partial charge in [0, 0.05) is 67.9 Å². The third-order valence-corrected chi connectivity index (χ3v) is 12.9. The minimum Gasteiger partial charge on any atom is -0.494 e. The lowest BCUT2D eigenvalue weighted by molar-refractivity contribution is -0.140. The van der Waals surface area contributed by atoms with Crippen LogP contribution in [0.15, 0.2) is 53.5 Å². The molecule has 4 aromatic rings. The fraction of sp³-hybridized carbons (Fsp3) is 0.500. The number of fused-ring (bicyclic) bond motifs is 1. The molecule has 1 saturated heterocycles. The quantitative estimate of drug-likeness (QED) is 0.180. The standard InChI is InChI=1S/C42H46F3N7O4/c1-24-13-36(53)52(30-5-7-32(42(43,44)45)34(17-30)47-39(55)28-3-4-28)38-31(24)23-46-40(49-38)48-33-8-6-29(18-35(33)56-2)50-9-11-51(12-10-50)37(54)22-41-19-25-14-26(20-41)16-27(15-25)21-41/h5-8,13,17-18,23,25-28H,3-4,9-12,14-16,19-22H2,1-2H3,(H,47,55)(H,46,48,49). The van der Waals surface area contributed by atoms with E-state index < -0.39 is 28.9 Å². The first-order valence-electron chi connectivity index (χ1n) is 19.7. The van der Waals surface area contributed by atoms with Gasteiger partial charge in [-0.1, -0.05) is 0 Å². The first kappa shape index (κ1) is 36.5. The van der Waals surface area contributed by atoms with Gasteiger partial charge in [-0.3, -0.25) is 19.0 Å². The first-order chi connectivity index (χ1) is 26.8. The first-order valence-corrected chi connectivity index (χ1v) is 19.7. The molecule has 10 rings (SSSR count). The Balaban J connectivity index is 0.926. The van der Waals surface area contributed by atoms with Gasteiger partial charge in [-0.15, -0.1) is 0 Å². The summed E-state index contributed by atoms with van der Waals surface area (Å²) < 4.78 is 48.9. The number of pyridine rings is 1. The van der Waals surface area contributed by atoms with Crippen LogP contribution in [-0.4, -0.2) is 64.5 Å². The number of amides is 2. The number of aryl methyl sites for hydroxylation is 1. The molecule has 5 aliphatic carbocycles. The molecule has 1 aliphatic heterocycles. The van der Waals surface area contributed by atoms with Gasteiger partial charge in [-0.2, -0.15) is 18.2 Å². The zero-order valence-electron chi connectivity index (χ0n) is 31.6. The van der Waals surface area contributed by atoms with E-state index in [1.54, 1.807) is 20.2 Å². The van der Waals surface area contributed by atoms with Crippen LogP contribution in [-0.2, 0) is 15.8 Å². The second-order valence-corrected chi connectivity index (χ2v) is 16.9. The summed E-state index contributed by atoms with van der Waals surface area (Å²) in [6, 6.07) is 10.4. The summed E-state index contributed by atoms with van der Waals surface area (Å²) in [4.78, 5) is 53.1. The molecule has 294 valence electrons. The van der Waals surface area contributed by atoms with Crippen molar-refractivity contribution < 1.29 is 27.5 Å². The van der Waals surface area contributed by atoms with Gasteiger partial charge >= 0.3 is 6.18 Å². The van der Waals surface area contributed by atoms with Crippen molar-refractivity contribution in [3.8, 4) is 11.4 Å². The molecule has 2 amide bonds. The molecule has 0 atom stereocenters. The maximum atomic E-state index is 14.0. The van der Waals surface area contributed by atoms with Gasteiger partial charge in [-0.25, -0.2) is 4.98 Å². The lowest BCUT2D eigenvalue weighted by atomic mass is 9.49. The largest absolute Gasteiger partial charge is 0.494 e. The number of nitrogens with zero attached hydrogens (tertiary/aromatic N) is 5. The normalized spacial score (nSPS) is 24.4. The summed E-state index contributed by atoms with van der Waals surface area (Å²) in [6.07, 6.45) is 6.58. The molecule has 0 unspecified atom stereocenters. The van der Waals surface area contributed by atoms with Crippen LogP contribution < -0.4 is 25.8 Å². The van der Waals surface area contributed by atoms with E-state index >= 15 is 0 Å². The van der Waals surface area contributed by atoms with Crippen LogP contribution in [0.3, 0.4) is 0 Å². The number of halogens is 3. The van der Waals surface area contributed by atoms with E-state index in [-0.39, 0.29) is 28.6 Å². The van der Waals surface area contributed by atoms with E-state index in [4.69, 9.17) is 4.74 Å². The average molecular weight is 770 g/mol. The summed E-state index contributed by atoms with van der Waals surface area (Å²) in [5, 5.41) is 6.15. The number of nitrogens with one attached hydrogen (secondary N) is 2. The topological polar surface area (TPSA) is 122 Å². The molecule has 56 heavy (non-hydrogen) atoms. The fourth-order valence-corrected chi connectivity index (χ4v) is 10.4. The van der Waals surface area contributed by atoms with Crippen molar-refractivity contribution in [2.75, 3.05) is 48.8 Å². The molecule has 6 fully saturated rings. The highest BCUT2D eigenvalue weighted by Crippen LogP contribution is 2.61. The van der Waals surface area contributed by atoms with Gasteiger partial charge in [0.1, 0.15) is 5.75 Å². The zero-order valence-corrected chi connectivity index (χ0v) is 31.6. The van der Waals surface area contributed by atoms with Crippen LogP contribution in [0.2, 0.25) is 0 Å². The smallest absolute Gasteiger partial charge is 0.418 e. The second kappa shape index (κ2) is 13.8. The van der Waals surface area contributed by atoms with Crippen molar-refractivity contribution in [1.82, 2.24) is 19.4 Å². The number of piperazine rings is 1. The van der Waals surface area contributed by atoms with E-state index in [0.29, 0.717) is 73.7 Å². The Hall–Kier alpha value is -5.14. The molecule has 2 N–H and O–H groups in total. The maximum Gasteiger partial charge on any atom is 0.418 e. The third kappa shape index (κ3) is 6.95. The molecule has 0 spiro atoms.